The van der Waals surface area contributed by atoms with Gasteiger partial charge in [-0.15, -0.1) is 0 Å². The first-order chi connectivity index (χ1) is 9.95. The Bertz CT molecular complexity index is 660. The number of hydrogen-bond donors (Lipinski definition) is 1. The molecule has 0 radical (unpaired) electrons. The van der Waals surface area contributed by atoms with Crippen molar-refractivity contribution in [3.8, 4) is 5.75 Å². The molecule has 2 rings (SSSR count). The minimum absolute atomic E-state index is 0.0416. The summed E-state index contributed by atoms with van der Waals surface area (Å²) in [6, 6.07) is 11.4. The largest absolute Gasteiger partial charge is 0.481 e. The van der Waals surface area contributed by atoms with Crippen molar-refractivity contribution in [1.82, 2.24) is 0 Å². The first-order valence-corrected chi connectivity index (χ1v) is 6.83. The van der Waals surface area contributed by atoms with Gasteiger partial charge in [-0.2, -0.15) is 0 Å². The highest BCUT2D eigenvalue weighted by Gasteiger charge is 2.15. The lowest BCUT2D eigenvalue weighted by molar-refractivity contribution is -0.122. The third-order valence-corrected chi connectivity index (χ3v) is 3.15. The summed E-state index contributed by atoms with van der Waals surface area (Å²) < 4.78 is 18.6. The summed E-state index contributed by atoms with van der Waals surface area (Å²) in [6.07, 6.45) is -0.685. The topological polar surface area (TPSA) is 38.3 Å². The Kier molecular flexibility index (Phi) is 4.81. The van der Waals surface area contributed by atoms with Crippen molar-refractivity contribution in [1.29, 1.82) is 0 Å². The molecule has 1 atom stereocenters. The van der Waals surface area contributed by atoms with Gasteiger partial charge in [0, 0.05) is 5.69 Å². The van der Waals surface area contributed by atoms with Crippen LogP contribution in [0.15, 0.2) is 42.5 Å². The molecule has 2 aromatic rings. The summed E-state index contributed by atoms with van der Waals surface area (Å²) in [5.74, 6) is -0.243. The van der Waals surface area contributed by atoms with Crippen LogP contribution >= 0.6 is 11.6 Å². The van der Waals surface area contributed by atoms with Crippen LogP contribution in [0.2, 0.25) is 5.02 Å². The number of benzene rings is 2. The molecule has 1 N–H and O–H groups in total. The van der Waals surface area contributed by atoms with Crippen LogP contribution in [0.1, 0.15) is 12.5 Å². The van der Waals surface area contributed by atoms with Crippen LogP contribution in [-0.2, 0) is 4.79 Å². The molecule has 0 aliphatic rings. The third-order valence-electron chi connectivity index (χ3n) is 2.86. The van der Waals surface area contributed by atoms with Crippen LogP contribution in [0, 0.1) is 12.7 Å². The molecule has 2 aromatic carbocycles. The molecule has 1 amide bonds. The van der Waals surface area contributed by atoms with E-state index >= 15 is 0 Å². The fourth-order valence-corrected chi connectivity index (χ4v) is 1.94. The van der Waals surface area contributed by atoms with Gasteiger partial charge in [-0.25, -0.2) is 4.39 Å². The fraction of sp³-hybridized carbons (Fsp3) is 0.188. The van der Waals surface area contributed by atoms with Crippen LogP contribution in [-0.4, -0.2) is 12.0 Å². The normalized spacial score (nSPS) is 11.8. The molecule has 0 aliphatic heterocycles. The van der Waals surface area contributed by atoms with E-state index in [1.165, 1.54) is 18.2 Å². The molecule has 0 aliphatic carbocycles. The minimum atomic E-state index is -0.685. The fourth-order valence-electron chi connectivity index (χ4n) is 1.76. The number of nitrogens with one attached hydrogen (secondary N) is 1. The van der Waals surface area contributed by atoms with Gasteiger partial charge in [0.15, 0.2) is 6.10 Å². The van der Waals surface area contributed by atoms with Crippen molar-refractivity contribution in [3.05, 3.63) is 58.9 Å². The summed E-state index contributed by atoms with van der Waals surface area (Å²) in [5.41, 5.74) is 1.47. The molecule has 0 aromatic heterocycles. The van der Waals surface area contributed by atoms with E-state index in [1.807, 2.05) is 25.1 Å². The standard InChI is InChI=1S/C16H15ClFNO2/c1-10-4-3-5-13(8-10)21-11(2)16(20)19-12-6-7-15(18)14(17)9-12/h3-9,11H,1-2H3,(H,19,20). The number of aryl methyl sites for hydroxylation is 1. The number of rotatable bonds is 4. The highest BCUT2D eigenvalue weighted by atomic mass is 35.5. The molecule has 0 saturated heterocycles. The van der Waals surface area contributed by atoms with E-state index < -0.39 is 11.9 Å². The molecule has 0 heterocycles. The zero-order valence-corrected chi connectivity index (χ0v) is 12.4. The molecule has 21 heavy (non-hydrogen) atoms. The number of carbonyl (C=O) groups is 1. The SMILES string of the molecule is Cc1cccc(OC(C)C(=O)Nc2ccc(F)c(Cl)c2)c1. The van der Waals surface area contributed by atoms with E-state index in [0.717, 1.165) is 5.56 Å². The molecule has 0 spiro atoms. The van der Waals surface area contributed by atoms with Crippen molar-refractivity contribution in [2.75, 3.05) is 5.32 Å². The van der Waals surface area contributed by atoms with E-state index in [2.05, 4.69) is 5.32 Å². The van der Waals surface area contributed by atoms with Gasteiger partial charge in [0.1, 0.15) is 11.6 Å². The van der Waals surface area contributed by atoms with Crippen LogP contribution < -0.4 is 10.1 Å². The average Bonchev–Trinajstić information content (AvgIpc) is 2.43. The third kappa shape index (κ3) is 4.20. The molecular formula is C16H15ClFNO2. The number of anilines is 1. The lowest BCUT2D eigenvalue weighted by atomic mass is 10.2. The Balaban J connectivity index is 2.00. The number of carbonyl (C=O) groups excluding carboxylic acids is 1. The Morgan fingerprint density at radius 1 is 1.29 bits per heavy atom. The van der Waals surface area contributed by atoms with Gasteiger partial charge in [0.05, 0.1) is 5.02 Å². The van der Waals surface area contributed by atoms with Gasteiger partial charge >= 0.3 is 0 Å². The molecule has 0 saturated carbocycles. The Hall–Kier alpha value is -2.07. The summed E-state index contributed by atoms with van der Waals surface area (Å²) in [5, 5.41) is 2.59. The van der Waals surface area contributed by atoms with Crippen LogP contribution in [0.3, 0.4) is 0 Å². The number of amides is 1. The maximum absolute atomic E-state index is 13.1. The van der Waals surface area contributed by atoms with Gasteiger partial charge in [-0.05, 0) is 49.7 Å². The average molecular weight is 308 g/mol. The van der Waals surface area contributed by atoms with Crippen LogP contribution in [0.4, 0.5) is 10.1 Å². The van der Waals surface area contributed by atoms with E-state index in [4.69, 9.17) is 16.3 Å². The van der Waals surface area contributed by atoms with Crippen molar-refractivity contribution in [3.63, 3.8) is 0 Å². The lowest BCUT2D eigenvalue weighted by Crippen LogP contribution is -2.30. The van der Waals surface area contributed by atoms with E-state index in [-0.39, 0.29) is 10.9 Å². The van der Waals surface area contributed by atoms with E-state index in [0.29, 0.717) is 11.4 Å². The Labute approximate surface area is 127 Å². The smallest absolute Gasteiger partial charge is 0.265 e. The predicted molar refractivity (Wildman–Crippen MR) is 81.3 cm³/mol. The highest BCUT2D eigenvalue weighted by Crippen LogP contribution is 2.20. The molecule has 0 fully saturated rings. The number of halogens is 2. The molecule has 5 heteroatoms. The summed E-state index contributed by atoms with van der Waals surface area (Å²) in [7, 11) is 0. The zero-order chi connectivity index (χ0) is 15.4. The van der Waals surface area contributed by atoms with Crippen molar-refractivity contribution in [2.45, 2.75) is 20.0 Å². The first-order valence-electron chi connectivity index (χ1n) is 6.45. The second kappa shape index (κ2) is 6.59. The van der Waals surface area contributed by atoms with Crippen LogP contribution in [0.25, 0.3) is 0 Å². The van der Waals surface area contributed by atoms with Gasteiger partial charge in [0.2, 0.25) is 0 Å². The summed E-state index contributed by atoms with van der Waals surface area (Å²) >= 11 is 5.67. The molecule has 0 bridgehead atoms. The van der Waals surface area contributed by atoms with Gasteiger partial charge < -0.3 is 10.1 Å². The molecule has 3 nitrogen and oxygen atoms in total. The minimum Gasteiger partial charge on any atom is -0.481 e. The maximum atomic E-state index is 13.1. The van der Waals surface area contributed by atoms with Crippen LogP contribution in [0.5, 0.6) is 5.75 Å². The summed E-state index contributed by atoms with van der Waals surface area (Å²) in [6.45, 7) is 3.58. The first kappa shape index (κ1) is 15.3. The van der Waals surface area contributed by atoms with E-state index in [9.17, 15) is 9.18 Å². The van der Waals surface area contributed by atoms with Crippen molar-refractivity contribution < 1.29 is 13.9 Å². The Morgan fingerprint density at radius 3 is 2.71 bits per heavy atom. The second-order valence-corrected chi connectivity index (χ2v) is 5.10. The summed E-state index contributed by atoms with van der Waals surface area (Å²) in [4.78, 5) is 12.0. The molecular weight excluding hydrogens is 293 g/mol. The van der Waals surface area contributed by atoms with Crippen molar-refractivity contribution >= 4 is 23.2 Å². The lowest BCUT2D eigenvalue weighted by Gasteiger charge is -2.15. The zero-order valence-electron chi connectivity index (χ0n) is 11.7. The molecule has 110 valence electrons. The number of hydrogen-bond acceptors (Lipinski definition) is 2. The maximum Gasteiger partial charge on any atom is 0.265 e. The monoisotopic (exact) mass is 307 g/mol. The van der Waals surface area contributed by atoms with Gasteiger partial charge in [0.25, 0.3) is 5.91 Å². The number of ether oxygens (including phenoxy) is 1. The quantitative estimate of drug-likeness (QED) is 0.919. The van der Waals surface area contributed by atoms with Crippen molar-refractivity contribution in [2.24, 2.45) is 0 Å². The van der Waals surface area contributed by atoms with Gasteiger partial charge in [-0.3, -0.25) is 4.79 Å². The second-order valence-electron chi connectivity index (χ2n) is 4.69. The highest BCUT2D eigenvalue weighted by molar-refractivity contribution is 6.31. The predicted octanol–water partition coefficient (Wildman–Crippen LogP) is 4.19. The molecule has 1 unspecified atom stereocenters. The van der Waals surface area contributed by atoms with E-state index in [1.54, 1.807) is 13.0 Å². The Morgan fingerprint density at radius 2 is 2.05 bits per heavy atom. The van der Waals surface area contributed by atoms with Gasteiger partial charge in [-0.1, -0.05) is 23.7 Å².